The van der Waals surface area contributed by atoms with Crippen LogP contribution in [0.4, 0.5) is 0 Å². The standard InChI is InChI=1S/C11H16N4O3S/c1-14-6-11(12-7-14)19(17,18)15-5-4-8-9(15)2-3-10(16)13-8/h6-9H,2-5H2,1H3,(H,13,16)/t8-,9-/m0/s1. The van der Waals surface area contributed by atoms with Gasteiger partial charge in [0.05, 0.1) is 6.33 Å². The molecular weight excluding hydrogens is 268 g/mol. The Hall–Kier alpha value is -1.41. The van der Waals surface area contributed by atoms with Gasteiger partial charge in [-0.25, -0.2) is 13.4 Å². The normalized spacial score (nSPS) is 28.2. The average Bonchev–Trinajstić information content (AvgIpc) is 2.95. The fourth-order valence-corrected chi connectivity index (χ4v) is 4.51. The molecule has 2 fully saturated rings. The van der Waals surface area contributed by atoms with E-state index in [1.807, 2.05) is 0 Å². The number of hydrogen-bond acceptors (Lipinski definition) is 4. The van der Waals surface area contributed by atoms with Crippen LogP contribution >= 0.6 is 0 Å². The van der Waals surface area contributed by atoms with Crippen molar-refractivity contribution in [2.45, 2.75) is 36.4 Å². The second-order valence-electron chi connectivity index (χ2n) is 5.06. The quantitative estimate of drug-likeness (QED) is 0.790. The summed E-state index contributed by atoms with van der Waals surface area (Å²) in [6, 6.07) is -0.190. The topological polar surface area (TPSA) is 84.3 Å². The molecule has 1 N–H and O–H groups in total. The lowest BCUT2D eigenvalue weighted by Gasteiger charge is -2.30. The number of hydrogen-bond donors (Lipinski definition) is 1. The number of amides is 1. The van der Waals surface area contributed by atoms with Gasteiger partial charge in [0, 0.05) is 38.3 Å². The summed E-state index contributed by atoms with van der Waals surface area (Å²) in [6.45, 7) is 0.439. The summed E-state index contributed by atoms with van der Waals surface area (Å²) < 4.78 is 28.1. The number of imidazole rings is 1. The van der Waals surface area contributed by atoms with Crippen LogP contribution in [0.15, 0.2) is 17.6 Å². The Morgan fingerprint density at radius 3 is 2.89 bits per heavy atom. The Balaban J connectivity index is 1.89. The van der Waals surface area contributed by atoms with Gasteiger partial charge in [-0.1, -0.05) is 0 Å². The second kappa shape index (κ2) is 4.31. The van der Waals surface area contributed by atoms with E-state index in [-0.39, 0.29) is 23.0 Å². The number of aromatic nitrogens is 2. The van der Waals surface area contributed by atoms with Crippen molar-refractivity contribution in [3.8, 4) is 0 Å². The summed E-state index contributed by atoms with van der Waals surface area (Å²) in [4.78, 5) is 15.3. The van der Waals surface area contributed by atoms with Crippen LogP contribution in [0.2, 0.25) is 0 Å². The Morgan fingerprint density at radius 2 is 2.21 bits per heavy atom. The highest BCUT2D eigenvalue weighted by atomic mass is 32.2. The third-order valence-corrected chi connectivity index (χ3v) is 5.57. The molecule has 3 rings (SSSR count). The SMILES string of the molecule is Cn1cnc(S(=O)(=O)N2CC[C@@H]3NC(=O)CC[C@@H]32)c1. The van der Waals surface area contributed by atoms with E-state index in [4.69, 9.17) is 0 Å². The average molecular weight is 284 g/mol. The predicted molar refractivity (Wildman–Crippen MR) is 66.7 cm³/mol. The van der Waals surface area contributed by atoms with Crippen molar-refractivity contribution >= 4 is 15.9 Å². The Labute approximate surface area is 111 Å². The molecule has 0 bridgehead atoms. The van der Waals surface area contributed by atoms with Crippen LogP contribution in [-0.2, 0) is 21.9 Å². The van der Waals surface area contributed by atoms with E-state index in [9.17, 15) is 13.2 Å². The first kappa shape index (κ1) is 12.6. The summed E-state index contributed by atoms with van der Waals surface area (Å²) >= 11 is 0. The van der Waals surface area contributed by atoms with E-state index in [0.717, 1.165) is 0 Å². The zero-order chi connectivity index (χ0) is 13.6. The number of carbonyl (C=O) groups excluding carboxylic acids is 1. The first-order valence-corrected chi connectivity index (χ1v) is 7.71. The molecule has 0 unspecified atom stereocenters. The van der Waals surface area contributed by atoms with Gasteiger partial charge in [0.15, 0.2) is 5.03 Å². The number of nitrogens with one attached hydrogen (secondary N) is 1. The Morgan fingerprint density at radius 1 is 1.42 bits per heavy atom. The highest BCUT2D eigenvalue weighted by molar-refractivity contribution is 7.89. The van der Waals surface area contributed by atoms with Crippen molar-refractivity contribution in [2.24, 2.45) is 7.05 Å². The molecule has 0 saturated carbocycles. The van der Waals surface area contributed by atoms with Crippen molar-refractivity contribution < 1.29 is 13.2 Å². The van der Waals surface area contributed by atoms with Gasteiger partial charge in [0.2, 0.25) is 5.91 Å². The van der Waals surface area contributed by atoms with Crippen molar-refractivity contribution in [1.82, 2.24) is 19.2 Å². The van der Waals surface area contributed by atoms with Gasteiger partial charge < -0.3 is 9.88 Å². The molecule has 19 heavy (non-hydrogen) atoms. The van der Waals surface area contributed by atoms with E-state index >= 15 is 0 Å². The molecule has 8 heteroatoms. The molecule has 2 aliphatic rings. The summed E-state index contributed by atoms with van der Waals surface area (Å²) in [5.74, 6) is 0.0123. The maximum atomic E-state index is 12.5. The summed E-state index contributed by atoms with van der Waals surface area (Å²) in [6.07, 6.45) is 4.62. The summed E-state index contributed by atoms with van der Waals surface area (Å²) in [5.41, 5.74) is 0. The number of sulfonamides is 1. The number of nitrogens with zero attached hydrogens (tertiary/aromatic N) is 3. The zero-order valence-electron chi connectivity index (χ0n) is 10.6. The lowest BCUT2D eigenvalue weighted by Crippen LogP contribution is -2.50. The first-order chi connectivity index (χ1) is 8.98. The van der Waals surface area contributed by atoms with Crippen LogP contribution in [0.25, 0.3) is 0 Å². The lowest BCUT2D eigenvalue weighted by molar-refractivity contribution is -0.123. The minimum atomic E-state index is -3.56. The van der Waals surface area contributed by atoms with E-state index < -0.39 is 10.0 Å². The lowest BCUT2D eigenvalue weighted by atomic mass is 10.00. The smallest absolute Gasteiger partial charge is 0.262 e. The van der Waals surface area contributed by atoms with Gasteiger partial charge >= 0.3 is 0 Å². The van der Waals surface area contributed by atoms with E-state index in [0.29, 0.717) is 25.8 Å². The van der Waals surface area contributed by atoms with Crippen LogP contribution in [0.3, 0.4) is 0 Å². The Bertz CT molecular complexity index is 609. The molecule has 0 radical (unpaired) electrons. The molecule has 1 aromatic heterocycles. The van der Waals surface area contributed by atoms with Crippen molar-refractivity contribution in [3.05, 3.63) is 12.5 Å². The molecule has 0 spiro atoms. The van der Waals surface area contributed by atoms with E-state index in [1.165, 1.54) is 16.8 Å². The van der Waals surface area contributed by atoms with E-state index in [1.54, 1.807) is 11.6 Å². The van der Waals surface area contributed by atoms with Gasteiger partial charge in [-0.3, -0.25) is 4.79 Å². The number of carbonyl (C=O) groups is 1. The molecular formula is C11H16N4O3S. The van der Waals surface area contributed by atoms with Crippen LogP contribution < -0.4 is 5.32 Å². The minimum absolute atomic E-state index is 0.0123. The maximum Gasteiger partial charge on any atom is 0.262 e. The minimum Gasteiger partial charge on any atom is -0.352 e. The van der Waals surface area contributed by atoms with Crippen molar-refractivity contribution in [3.63, 3.8) is 0 Å². The predicted octanol–water partition coefficient (Wildman–Crippen LogP) is -0.538. The fraction of sp³-hybridized carbons (Fsp3) is 0.636. The molecule has 3 heterocycles. The van der Waals surface area contributed by atoms with Crippen molar-refractivity contribution in [2.75, 3.05) is 6.54 Å². The molecule has 104 valence electrons. The number of rotatable bonds is 2. The van der Waals surface area contributed by atoms with Gasteiger partial charge in [-0.05, 0) is 12.8 Å². The third kappa shape index (κ3) is 2.04. The number of fused-ring (bicyclic) bond motifs is 1. The van der Waals surface area contributed by atoms with Crippen LogP contribution in [-0.4, -0.2) is 46.8 Å². The molecule has 2 saturated heterocycles. The zero-order valence-corrected chi connectivity index (χ0v) is 11.4. The second-order valence-corrected chi connectivity index (χ2v) is 6.90. The number of piperidine rings is 1. The number of aryl methyl sites for hydroxylation is 1. The fourth-order valence-electron chi connectivity index (χ4n) is 2.84. The highest BCUT2D eigenvalue weighted by Crippen LogP contribution is 2.30. The summed E-state index contributed by atoms with van der Waals surface area (Å²) in [7, 11) is -1.82. The summed E-state index contributed by atoms with van der Waals surface area (Å²) in [5, 5.41) is 2.94. The largest absolute Gasteiger partial charge is 0.352 e. The van der Waals surface area contributed by atoms with Crippen LogP contribution in [0, 0.1) is 0 Å². The molecule has 0 aliphatic carbocycles. The van der Waals surface area contributed by atoms with Gasteiger partial charge in [0.1, 0.15) is 0 Å². The highest BCUT2D eigenvalue weighted by Gasteiger charge is 2.44. The molecule has 1 amide bonds. The van der Waals surface area contributed by atoms with Crippen LogP contribution in [0.1, 0.15) is 19.3 Å². The van der Waals surface area contributed by atoms with Gasteiger partial charge in [-0.15, -0.1) is 0 Å². The van der Waals surface area contributed by atoms with Crippen LogP contribution in [0.5, 0.6) is 0 Å². The molecule has 1 aromatic rings. The maximum absolute atomic E-state index is 12.5. The van der Waals surface area contributed by atoms with Gasteiger partial charge in [-0.2, -0.15) is 4.31 Å². The van der Waals surface area contributed by atoms with Crippen molar-refractivity contribution in [1.29, 1.82) is 0 Å². The molecule has 2 aliphatic heterocycles. The molecule has 0 aromatic carbocycles. The molecule has 7 nitrogen and oxygen atoms in total. The third-order valence-electron chi connectivity index (χ3n) is 3.76. The Kier molecular flexibility index (Phi) is 2.86. The molecule has 2 atom stereocenters. The van der Waals surface area contributed by atoms with Gasteiger partial charge in [0.25, 0.3) is 10.0 Å². The first-order valence-electron chi connectivity index (χ1n) is 6.27. The monoisotopic (exact) mass is 284 g/mol. The van der Waals surface area contributed by atoms with E-state index in [2.05, 4.69) is 10.3 Å².